The highest BCUT2D eigenvalue weighted by Crippen LogP contribution is 2.28. The second-order valence-electron chi connectivity index (χ2n) is 4.81. The lowest BCUT2D eigenvalue weighted by Gasteiger charge is -2.03. The number of aromatic nitrogens is 1. The summed E-state index contributed by atoms with van der Waals surface area (Å²) in [4.78, 5) is 17.4. The predicted molar refractivity (Wildman–Crippen MR) is 103 cm³/mol. The molecule has 1 heterocycles. The van der Waals surface area contributed by atoms with Crippen LogP contribution in [0, 0.1) is 0 Å². The third-order valence-corrected chi connectivity index (χ3v) is 5.61. The van der Waals surface area contributed by atoms with E-state index in [4.69, 9.17) is 23.2 Å². The maximum Gasteiger partial charge on any atom is 0.236 e. The lowest BCUT2D eigenvalue weighted by atomic mass is 10.2. The minimum atomic E-state index is -0.114. The molecule has 0 aliphatic rings. The Kier molecular flexibility index (Phi) is 5.79. The van der Waals surface area contributed by atoms with Gasteiger partial charge in [0, 0.05) is 20.9 Å². The number of nitrogens with one attached hydrogen (secondary N) is 1. The van der Waals surface area contributed by atoms with Gasteiger partial charge >= 0.3 is 0 Å². The van der Waals surface area contributed by atoms with Crippen molar-refractivity contribution in [2.75, 3.05) is 11.1 Å². The number of nitrogens with zero attached hydrogens (tertiary/aromatic N) is 1. The number of anilines is 1. The molecule has 0 saturated heterocycles. The molecule has 24 heavy (non-hydrogen) atoms. The minimum absolute atomic E-state index is 0.114. The van der Waals surface area contributed by atoms with E-state index in [0.717, 1.165) is 16.2 Å². The molecule has 1 N–H and O–H groups in total. The molecule has 0 atom stereocenters. The first kappa shape index (κ1) is 17.3. The van der Waals surface area contributed by atoms with Crippen LogP contribution in [0.15, 0.2) is 58.8 Å². The first-order valence-electron chi connectivity index (χ1n) is 7.00. The normalized spacial score (nSPS) is 10.6. The molecule has 0 aliphatic heterocycles. The van der Waals surface area contributed by atoms with Crippen molar-refractivity contribution in [3.63, 3.8) is 0 Å². The number of benzene rings is 2. The highest BCUT2D eigenvalue weighted by atomic mass is 35.5. The Morgan fingerprint density at radius 3 is 2.62 bits per heavy atom. The third-order valence-electron chi connectivity index (χ3n) is 3.09. The Balaban J connectivity index is 1.59. The number of amides is 1. The van der Waals surface area contributed by atoms with E-state index < -0.39 is 0 Å². The van der Waals surface area contributed by atoms with Gasteiger partial charge in [0.05, 0.1) is 16.5 Å². The van der Waals surface area contributed by atoms with Crippen molar-refractivity contribution in [1.29, 1.82) is 0 Å². The van der Waals surface area contributed by atoms with Gasteiger partial charge in [-0.25, -0.2) is 4.98 Å². The quantitative estimate of drug-likeness (QED) is 0.551. The van der Waals surface area contributed by atoms with Crippen LogP contribution in [0.3, 0.4) is 0 Å². The highest BCUT2D eigenvalue weighted by molar-refractivity contribution is 8.00. The van der Waals surface area contributed by atoms with Crippen molar-refractivity contribution in [1.82, 2.24) is 4.98 Å². The van der Waals surface area contributed by atoms with Crippen LogP contribution in [-0.2, 0) is 4.79 Å². The van der Waals surface area contributed by atoms with Gasteiger partial charge in [-0.05, 0) is 24.3 Å². The molecule has 3 rings (SSSR count). The lowest BCUT2D eigenvalue weighted by molar-refractivity contribution is -0.113. The smallest absolute Gasteiger partial charge is 0.236 e. The summed E-state index contributed by atoms with van der Waals surface area (Å²) >= 11 is 14.7. The second kappa shape index (κ2) is 8.03. The summed E-state index contributed by atoms with van der Waals surface area (Å²) in [5.74, 6) is 0.163. The maximum atomic E-state index is 12.1. The molecule has 7 heteroatoms. The molecule has 0 unspecified atom stereocenters. The summed E-state index contributed by atoms with van der Waals surface area (Å²) in [5, 5.41) is 6.62. The monoisotopic (exact) mass is 394 g/mol. The van der Waals surface area contributed by atoms with Crippen molar-refractivity contribution in [2.24, 2.45) is 0 Å². The first-order valence-corrected chi connectivity index (χ1v) is 9.62. The Morgan fingerprint density at radius 1 is 1.12 bits per heavy atom. The molecule has 2 aromatic carbocycles. The van der Waals surface area contributed by atoms with Crippen molar-refractivity contribution in [3.8, 4) is 11.3 Å². The zero-order valence-corrected chi connectivity index (χ0v) is 15.5. The van der Waals surface area contributed by atoms with E-state index in [-0.39, 0.29) is 11.7 Å². The molecule has 1 aromatic heterocycles. The number of hydrogen-bond acceptors (Lipinski definition) is 4. The molecule has 0 radical (unpaired) electrons. The van der Waals surface area contributed by atoms with Crippen molar-refractivity contribution in [2.45, 2.75) is 4.90 Å². The summed E-state index contributed by atoms with van der Waals surface area (Å²) in [6, 6.07) is 14.9. The van der Waals surface area contributed by atoms with Gasteiger partial charge in [-0.15, -0.1) is 23.1 Å². The van der Waals surface area contributed by atoms with E-state index in [1.807, 2.05) is 47.8 Å². The standard InChI is InChI=1S/C17H12Cl2N2OS2/c18-12-7-5-11(6-8-12)14-9-24-17(20-14)21-16(22)10-23-15-4-2-1-3-13(15)19/h1-9H,10H2,(H,20,21,22). The summed E-state index contributed by atoms with van der Waals surface area (Å²) in [6.07, 6.45) is 0. The maximum absolute atomic E-state index is 12.1. The van der Waals surface area contributed by atoms with Gasteiger partial charge in [0.1, 0.15) is 0 Å². The first-order chi connectivity index (χ1) is 11.6. The number of thiazole rings is 1. The highest BCUT2D eigenvalue weighted by Gasteiger charge is 2.09. The van der Waals surface area contributed by atoms with Gasteiger partial charge < -0.3 is 5.32 Å². The second-order valence-corrected chi connectivity index (χ2v) is 7.53. The van der Waals surface area contributed by atoms with Crippen molar-refractivity contribution in [3.05, 3.63) is 64.0 Å². The molecule has 0 aliphatic carbocycles. The Bertz CT molecular complexity index is 850. The minimum Gasteiger partial charge on any atom is -0.301 e. The lowest BCUT2D eigenvalue weighted by Crippen LogP contribution is -2.13. The molecular weight excluding hydrogens is 383 g/mol. The van der Waals surface area contributed by atoms with Gasteiger partial charge in [-0.1, -0.05) is 47.5 Å². The number of carbonyl (C=O) groups is 1. The number of halogens is 2. The molecule has 3 nitrogen and oxygen atoms in total. The Labute approximate surface area is 158 Å². The van der Waals surface area contributed by atoms with E-state index in [0.29, 0.717) is 15.2 Å². The molecule has 0 bridgehead atoms. The average Bonchev–Trinajstić information content (AvgIpc) is 3.03. The van der Waals surface area contributed by atoms with Crippen LogP contribution in [0.2, 0.25) is 10.0 Å². The predicted octanol–water partition coefficient (Wildman–Crippen LogP) is 5.85. The van der Waals surface area contributed by atoms with Crippen LogP contribution >= 0.6 is 46.3 Å². The van der Waals surface area contributed by atoms with Crippen molar-refractivity contribution < 1.29 is 4.79 Å². The third kappa shape index (κ3) is 4.51. The fourth-order valence-corrected chi connectivity index (χ4v) is 3.85. The summed E-state index contributed by atoms with van der Waals surface area (Å²) < 4.78 is 0. The van der Waals surface area contributed by atoms with Gasteiger partial charge in [0.15, 0.2) is 5.13 Å². The van der Waals surface area contributed by atoms with E-state index in [1.54, 1.807) is 6.07 Å². The van der Waals surface area contributed by atoms with Crippen LogP contribution < -0.4 is 5.32 Å². The van der Waals surface area contributed by atoms with Crippen LogP contribution in [0.1, 0.15) is 0 Å². The molecule has 0 spiro atoms. The summed E-state index contributed by atoms with van der Waals surface area (Å²) in [6.45, 7) is 0. The fourth-order valence-electron chi connectivity index (χ4n) is 1.94. The van der Waals surface area contributed by atoms with Crippen LogP contribution in [0.4, 0.5) is 5.13 Å². The zero-order valence-electron chi connectivity index (χ0n) is 12.3. The summed E-state index contributed by atoms with van der Waals surface area (Å²) in [7, 11) is 0. The molecule has 122 valence electrons. The summed E-state index contributed by atoms with van der Waals surface area (Å²) in [5.41, 5.74) is 1.77. The SMILES string of the molecule is O=C(CSc1ccccc1Cl)Nc1nc(-c2ccc(Cl)cc2)cs1. The fraction of sp³-hybridized carbons (Fsp3) is 0.0588. The molecule has 0 fully saturated rings. The number of rotatable bonds is 5. The van der Waals surface area contributed by atoms with Gasteiger partial charge in [0.2, 0.25) is 5.91 Å². The van der Waals surface area contributed by atoms with Gasteiger partial charge in [0.25, 0.3) is 0 Å². The topological polar surface area (TPSA) is 42.0 Å². The average molecular weight is 395 g/mol. The number of carbonyl (C=O) groups excluding carboxylic acids is 1. The Hall–Kier alpha value is -1.53. The van der Waals surface area contributed by atoms with E-state index >= 15 is 0 Å². The zero-order chi connectivity index (χ0) is 16.9. The largest absolute Gasteiger partial charge is 0.301 e. The van der Waals surface area contributed by atoms with E-state index in [9.17, 15) is 4.79 Å². The van der Waals surface area contributed by atoms with Gasteiger partial charge in [-0.2, -0.15) is 0 Å². The molecule has 0 saturated carbocycles. The van der Waals surface area contributed by atoms with Crippen LogP contribution in [0.25, 0.3) is 11.3 Å². The molecule has 1 amide bonds. The van der Waals surface area contributed by atoms with Gasteiger partial charge in [-0.3, -0.25) is 4.79 Å². The van der Waals surface area contributed by atoms with Crippen LogP contribution in [0.5, 0.6) is 0 Å². The number of thioether (sulfide) groups is 1. The number of hydrogen-bond donors (Lipinski definition) is 1. The molecule has 3 aromatic rings. The van der Waals surface area contributed by atoms with Crippen molar-refractivity contribution >= 4 is 57.3 Å². The van der Waals surface area contributed by atoms with Crippen LogP contribution in [-0.4, -0.2) is 16.6 Å². The Morgan fingerprint density at radius 2 is 1.88 bits per heavy atom. The van der Waals surface area contributed by atoms with E-state index in [1.165, 1.54) is 23.1 Å². The molecular formula is C17H12Cl2N2OS2. The van der Waals surface area contributed by atoms with E-state index in [2.05, 4.69) is 10.3 Å².